The molecule has 0 radical (unpaired) electrons. The second-order valence-electron chi connectivity index (χ2n) is 4.59. The average Bonchev–Trinajstić information content (AvgIpc) is 2.50. The van der Waals surface area contributed by atoms with Crippen LogP contribution >= 0.6 is 22.6 Å². The molecule has 0 N–H and O–H groups in total. The Hall–Kier alpha value is -1.45. The van der Waals surface area contributed by atoms with E-state index < -0.39 is 12.1 Å². The van der Waals surface area contributed by atoms with Crippen molar-refractivity contribution in [1.29, 1.82) is 0 Å². The van der Waals surface area contributed by atoms with Crippen molar-refractivity contribution in [3.63, 3.8) is 0 Å². The first kappa shape index (κ1) is 19.6. The number of carbonyl (C=O) groups is 1. The van der Waals surface area contributed by atoms with Gasteiger partial charge in [-0.1, -0.05) is 6.08 Å². The second-order valence-corrected chi connectivity index (χ2v) is 5.75. The van der Waals surface area contributed by atoms with Crippen LogP contribution in [0.2, 0.25) is 0 Å². The van der Waals surface area contributed by atoms with Gasteiger partial charge in [0.25, 0.3) is 0 Å². The van der Waals surface area contributed by atoms with Gasteiger partial charge in [-0.05, 0) is 46.7 Å². The van der Waals surface area contributed by atoms with Crippen molar-refractivity contribution in [2.45, 2.75) is 12.6 Å². The number of methoxy groups -OCH3 is 2. The zero-order chi connectivity index (χ0) is 17.6. The van der Waals surface area contributed by atoms with E-state index in [0.717, 1.165) is 14.0 Å². The van der Waals surface area contributed by atoms with E-state index in [-0.39, 0.29) is 19.5 Å². The zero-order valence-corrected chi connectivity index (χ0v) is 14.9. The summed E-state index contributed by atoms with van der Waals surface area (Å²) in [6.45, 7) is 3.15. The lowest BCUT2D eigenvalue weighted by Crippen LogP contribution is -2.42. The van der Waals surface area contributed by atoms with Crippen LogP contribution in [0.25, 0.3) is 0 Å². The molecule has 0 aliphatic carbocycles. The highest BCUT2D eigenvalue weighted by molar-refractivity contribution is 14.1. The highest BCUT2D eigenvalue weighted by Gasteiger charge is 2.41. The monoisotopic (exact) mass is 443 g/mol. The lowest BCUT2D eigenvalue weighted by molar-refractivity contribution is -0.184. The van der Waals surface area contributed by atoms with Gasteiger partial charge < -0.3 is 14.4 Å². The molecule has 0 spiro atoms. The third-order valence-corrected chi connectivity index (χ3v) is 4.09. The van der Waals surface area contributed by atoms with Crippen LogP contribution in [0.4, 0.5) is 13.2 Å². The van der Waals surface area contributed by atoms with Crippen LogP contribution < -0.4 is 9.47 Å². The normalized spacial score (nSPS) is 11.0. The minimum Gasteiger partial charge on any atom is -0.493 e. The van der Waals surface area contributed by atoms with Gasteiger partial charge in [-0.3, -0.25) is 4.79 Å². The Morgan fingerprint density at radius 3 is 2.35 bits per heavy atom. The van der Waals surface area contributed by atoms with Crippen molar-refractivity contribution in [1.82, 2.24) is 4.90 Å². The quantitative estimate of drug-likeness (QED) is 0.479. The van der Waals surface area contributed by atoms with E-state index in [1.54, 1.807) is 12.1 Å². The third kappa shape index (κ3) is 5.29. The van der Waals surface area contributed by atoms with E-state index in [0.29, 0.717) is 11.5 Å². The molecule has 1 aromatic rings. The third-order valence-electron chi connectivity index (χ3n) is 3.08. The van der Waals surface area contributed by atoms with E-state index in [1.165, 1.54) is 20.3 Å². The molecular formula is C15H17F3INO3. The molecule has 4 nitrogen and oxygen atoms in total. The summed E-state index contributed by atoms with van der Waals surface area (Å²) < 4.78 is 48.9. The number of benzene rings is 1. The Balaban J connectivity index is 2.94. The molecular weight excluding hydrogens is 426 g/mol. The summed E-state index contributed by atoms with van der Waals surface area (Å²) in [5.74, 6) is -0.844. The molecule has 0 saturated heterocycles. The maximum atomic E-state index is 12.6. The van der Waals surface area contributed by atoms with E-state index in [1.807, 2.05) is 0 Å². The van der Waals surface area contributed by atoms with Crippen molar-refractivity contribution in [3.8, 4) is 11.5 Å². The molecule has 1 aromatic carbocycles. The first-order valence-corrected chi connectivity index (χ1v) is 7.69. The van der Waals surface area contributed by atoms with Gasteiger partial charge in [0.1, 0.15) is 0 Å². The van der Waals surface area contributed by atoms with Crippen molar-refractivity contribution in [2.75, 3.05) is 27.3 Å². The molecule has 0 atom stereocenters. The van der Waals surface area contributed by atoms with Crippen LogP contribution in [0.3, 0.4) is 0 Å². The zero-order valence-electron chi connectivity index (χ0n) is 12.7. The number of carbonyl (C=O) groups excluding carboxylic acids is 1. The van der Waals surface area contributed by atoms with Crippen LogP contribution in [0.15, 0.2) is 24.8 Å². The summed E-state index contributed by atoms with van der Waals surface area (Å²) in [7, 11) is 2.98. The van der Waals surface area contributed by atoms with Crippen molar-refractivity contribution in [2.24, 2.45) is 0 Å². The lowest BCUT2D eigenvalue weighted by atomic mass is 10.1. The molecule has 1 rings (SSSR count). The van der Waals surface area contributed by atoms with Gasteiger partial charge in [0.15, 0.2) is 11.5 Å². The molecule has 23 heavy (non-hydrogen) atoms. The van der Waals surface area contributed by atoms with Crippen molar-refractivity contribution in [3.05, 3.63) is 33.9 Å². The number of hydrogen-bond donors (Lipinski definition) is 0. The molecule has 0 heterocycles. The largest absolute Gasteiger partial charge is 0.493 e. The Kier molecular flexibility index (Phi) is 7.17. The number of nitrogens with zero attached hydrogens (tertiary/aromatic N) is 1. The molecule has 0 saturated carbocycles. The fourth-order valence-electron chi connectivity index (χ4n) is 1.95. The topological polar surface area (TPSA) is 38.8 Å². The van der Waals surface area contributed by atoms with Crippen LogP contribution in [0.5, 0.6) is 11.5 Å². The van der Waals surface area contributed by atoms with Gasteiger partial charge in [-0.25, -0.2) is 0 Å². The highest BCUT2D eigenvalue weighted by atomic mass is 127. The maximum Gasteiger partial charge on any atom is 0.471 e. The Labute approximate surface area is 146 Å². The van der Waals surface area contributed by atoms with Crippen molar-refractivity contribution < 1.29 is 27.4 Å². The molecule has 0 fully saturated rings. The number of rotatable bonds is 7. The summed E-state index contributed by atoms with van der Waals surface area (Å²) in [5, 5.41) is 0. The predicted molar refractivity (Wildman–Crippen MR) is 88.8 cm³/mol. The Morgan fingerprint density at radius 2 is 1.87 bits per heavy atom. The summed E-state index contributed by atoms with van der Waals surface area (Å²) >= 11 is 2.06. The van der Waals surface area contributed by atoms with E-state index in [4.69, 9.17) is 9.47 Å². The molecule has 0 unspecified atom stereocenters. The molecule has 1 amide bonds. The minimum atomic E-state index is -4.90. The van der Waals surface area contributed by atoms with Crippen LogP contribution in [-0.2, 0) is 11.2 Å². The Bertz CT molecular complexity index is 576. The Morgan fingerprint density at radius 1 is 1.30 bits per heavy atom. The maximum absolute atomic E-state index is 12.6. The number of halogens is 4. The first-order valence-electron chi connectivity index (χ1n) is 6.62. The number of amides is 1. The average molecular weight is 443 g/mol. The summed E-state index contributed by atoms with van der Waals surface area (Å²) in [6.07, 6.45) is -3.37. The standard InChI is InChI=1S/C15H17F3INO3/c1-4-6-20(14(21)15(16,17)18)7-5-10-8-12(22-2)13(23-3)9-11(10)19/h4,8-9H,1,5-7H2,2-3H3. The summed E-state index contributed by atoms with van der Waals surface area (Å²) in [6, 6.07) is 3.43. The smallest absolute Gasteiger partial charge is 0.471 e. The molecule has 0 aliphatic heterocycles. The fourth-order valence-corrected chi connectivity index (χ4v) is 2.66. The SMILES string of the molecule is C=CCN(CCc1cc(OC)c(OC)cc1I)C(=O)C(F)(F)F. The summed E-state index contributed by atoms with van der Waals surface area (Å²) in [5.41, 5.74) is 0.771. The van der Waals surface area contributed by atoms with Crippen LogP contribution in [-0.4, -0.2) is 44.3 Å². The molecule has 8 heteroatoms. The lowest BCUT2D eigenvalue weighted by Gasteiger charge is -2.22. The second kappa shape index (κ2) is 8.42. The fraction of sp³-hybridized carbons (Fsp3) is 0.400. The number of hydrogen-bond acceptors (Lipinski definition) is 3. The summed E-state index contributed by atoms with van der Waals surface area (Å²) in [4.78, 5) is 12.1. The minimum absolute atomic E-state index is 0.0736. The van der Waals surface area contributed by atoms with Gasteiger partial charge in [-0.2, -0.15) is 13.2 Å². The van der Waals surface area contributed by atoms with Gasteiger partial charge in [0.2, 0.25) is 0 Å². The van der Waals surface area contributed by atoms with Crippen molar-refractivity contribution >= 4 is 28.5 Å². The number of ether oxygens (including phenoxy) is 2. The van der Waals surface area contributed by atoms with E-state index >= 15 is 0 Å². The van der Waals surface area contributed by atoms with E-state index in [9.17, 15) is 18.0 Å². The molecule has 0 bridgehead atoms. The number of alkyl halides is 3. The molecule has 0 aromatic heterocycles. The van der Waals surface area contributed by atoms with Gasteiger partial charge in [0.05, 0.1) is 14.2 Å². The highest BCUT2D eigenvalue weighted by Crippen LogP contribution is 2.31. The van der Waals surface area contributed by atoms with Gasteiger partial charge >= 0.3 is 12.1 Å². The molecule has 128 valence electrons. The van der Waals surface area contributed by atoms with Gasteiger partial charge in [0, 0.05) is 16.7 Å². The van der Waals surface area contributed by atoms with Crippen LogP contribution in [0, 0.1) is 3.57 Å². The van der Waals surface area contributed by atoms with Crippen LogP contribution in [0.1, 0.15) is 5.56 Å². The predicted octanol–water partition coefficient (Wildman–Crippen LogP) is 3.43. The van der Waals surface area contributed by atoms with E-state index in [2.05, 4.69) is 29.2 Å². The first-order chi connectivity index (χ1) is 10.7. The van der Waals surface area contributed by atoms with Gasteiger partial charge in [-0.15, -0.1) is 6.58 Å². The molecule has 0 aliphatic rings.